The topological polar surface area (TPSA) is 30.5 Å². The molecule has 3 heteroatoms. The fourth-order valence-electron chi connectivity index (χ4n) is 1.13. The Morgan fingerprint density at radius 2 is 1.71 bits per heavy atom. The molecule has 0 aliphatic carbocycles. The highest BCUT2D eigenvalue weighted by atomic mass is 16.5. The van der Waals surface area contributed by atoms with Crippen LogP contribution in [0.25, 0.3) is 0 Å². The predicted molar refractivity (Wildman–Crippen MR) is 59.7 cm³/mol. The molecule has 86 valence electrons. The van der Waals surface area contributed by atoms with Gasteiger partial charge in [0.15, 0.2) is 0 Å². The van der Waals surface area contributed by atoms with Crippen molar-refractivity contribution in [3.8, 4) is 0 Å². The summed E-state index contributed by atoms with van der Waals surface area (Å²) in [7, 11) is 1.72. The molecule has 3 nitrogen and oxygen atoms in total. The SMILES string of the molecule is COCCCOCCCCNC(C)C. The van der Waals surface area contributed by atoms with Crippen LogP contribution in [0.2, 0.25) is 0 Å². The largest absolute Gasteiger partial charge is 0.385 e. The molecule has 0 bridgehead atoms. The van der Waals surface area contributed by atoms with Gasteiger partial charge in [0.25, 0.3) is 0 Å². The quantitative estimate of drug-likeness (QED) is 0.549. The van der Waals surface area contributed by atoms with Gasteiger partial charge in [-0.25, -0.2) is 0 Å². The van der Waals surface area contributed by atoms with Gasteiger partial charge in [-0.15, -0.1) is 0 Å². The summed E-state index contributed by atoms with van der Waals surface area (Å²) in [4.78, 5) is 0. The Hall–Kier alpha value is -0.120. The number of hydrogen-bond donors (Lipinski definition) is 1. The summed E-state index contributed by atoms with van der Waals surface area (Å²) in [5.41, 5.74) is 0. The van der Waals surface area contributed by atoms with Crippen LogP contribution in [0.4, 0.5) is 0 Å². The monoisotopic (exact) mass is 203 g/mol. The van der Waals surface area contributed by atoms with Gasteiger partial charge in [0, 0.05) is 33.0 Å². The Bertz CT molecular complexity index is 107. The zero-order valence-corrected chi connectivity index (χ0v) is 9.84. The normalized spacial score (nSPS) is 11.1. The molecule has 1 N–H and O–H groups in total. The fraction of sp³-hybridized carbons (Fsp3) is 1.00. The molecule has 14 heavy (non-hydrogen) atoms. The van der Waals surface area contributed by atoms with Crippen molar-refractivity contribution in [2.45, 2.75) is 39.2 Å². The van der Waals surface area contributed by atoms with E-state index in [1.165, 1.54) is 6.42 Å². The van der Waals surface area contributed by atoms with Crippen LogP contribution >= 0.6 is 0 Å². The Labute approximate surface area is 88.2 Å². The Kier molecular flexibility index (Phi) is 10.9. The molecule has 0 radical (unpaired) electrons. The summed E-state index contributed by atoms with van der Waals surface area (Å²) >= 11 is 0. The number of hydrogen-bond acceptors (Lipinski definition) is 3. The first-order valence-electron chi connectivity index (χ1n) is 5.57. The van der Waals surface area contributed by atoms with Crippen LogP contribution in [-0.2, 0) is 9.47 Å². The van der Waals surface area contributed by atoms with Crippen molar-refractivity contribution >= 4 is 0 Å². The van der Waals surface area contributed by atoms with Crippen LogP contribution in [0, 0.1) is 0 Å². The molecule has 0 amide bonds. The molecule has 0 aliphatic rings. The summed E-state index contributed by atoms with van der Waals surface area (Å²) in [5, 5.41) is 3.38. The number of unbranched alkanes of at least 4 members (excludes halogenated alkanes) is 1. The second-order valence-electron chi connectivity index (χ2n) is 3.77. The summed E-state index contributed by atoms with van der Waals surface area (Å²) < 4.78 is 10.4. The molecule has 0 atom stereocenters. The van der Waals surface area contributed by atoms with E-state index in [4.69, 9.17) is 9.47 Å². The van der Waals surface area contributed by atoms with Crippen molar-refractivity contribution in [1.82, 2.24) is 5.32 Å². The van der Waals surface area contributed by atoms with Crippen LogP contribution in [0.15, 0.2) is 0 Å². The molecule has 0 aromatic rings. The zero-order valence-electron chi connectivity index (χ0n) is 9.84. The second-order valence-corrected chi connectivity index (χ2v) is 3.77. The highest BCUT2D eigenvalue weighted by Gasteiger charge is 1.92. The Morgan fingerprint density at radius 3 is 2.36 bits per heavy atom. The second kappa shape index (κ2) is 11.0. The standard InChI is InChI=1S/C11H25NO2/c1-11(2)12-7-4-5-9-14-10-6-8-13-3/h11-12H,4-10H2,1-3H3. The number of methoxy groups -OCH3 is 1. The molecule has 0 fully saturated rings. The first-order valence-corrected chi connectivity index (χ1v) is 5.57. The van der Waals surface area contributed by atoms with Crippen molar-refractivity contribution in [2.24, 2.45) is 0 Å². The molecular weight excluding hydrogens is 178 g/mol. The third-order valence-corrected chi connectivity index (χ3v) is 1.91. The average molecular weight is 203 g/mol. The fourth-order valence-corrected chi connectivity index (χ4v) is 1.13. The van der Waals surface area contributed by atoms with Gasteiger partial charge in [0.2, 0.25) is 0 Å². The molecule has 0 spiro atoms. The summed E-state index contributed by atoms with van der Waals surface area (Å²) in [6.45, 7) is 7.94. The molecule has 0 aliphatic heterocycles. The number of ether oxygens (including phenoxy) is 2. The van der Waals surface area contributed by atoms with Gasteiger partial charge in [-0.3, -0.25) is 0 Å². The van der Waals surface area contributed by atoms with Crippen LogP contribution < -0.4 is 5.32 Å². The van der Waals surface area contributed by atoms with Gasteiger partial charge in [0.1, 0.15) is 0 Å². The summed E-state index contributed by atoms with van der Waals surface area (Å²) in [6.07, 6.45) is 3.34. The predicted octanol–water partition coefficient (Wildman–Crippen LogP) is 1.82. The molecule has 0 saturated carbocycles. The highest BCUT2D eigenvalue weighted by Crippen LogP contribution is 1.91. The van der Waals surface area contributed by atoms with Gasteiger partial charge in [-0.05, 0) is 25.8 Å². The Morgan fingerprint density at radius 1 is 1.00 bits per heavy atom. The van der Waals surface area contributed by atoms with Gasteiger partial charge in [-0.2, -0.15) is 0 Å². The molecule has 0 heterocycles. The molecule has 0 aromatic heterocycles. The smallest absolute Gasteiger partial charge is 0.0487 e. The lowest BCUT2D eigenvalue weighted by Gasteiger charge is -2.07. The number of rotatable bonds is 10. The maximum atomic E-state index is 5.43. The third kappa shape index (κ3) is 11.9. The van der Waals surface area contributed by atoms with E-state index >= 15 is 0 Å². The lowest BCUT2D eigenvalue weighted by Crippen LogP contribution is -2.23. The van der Waals surface area contributed by atoms with Crippen LogP contribution in [0.5, 0.6) is 0 Å². The van der Waals surface area contributed by atoms with Gasteiger partial charge in [0.05, 0.1) is 0 Å². The van der Waals surface area contributed by atoms with E-state index in [0.29, 0.717) is 6.04 Å². The summed E-state index contributed by atoms with van der Waals surface area (Å²) in [5.74, 6) is 0. The molecule has 0 saturated heterocycles. The lowest BCUT2D eigenvalue weighted by atomic mass is 10.3. The first kappa shape index (κ1) is 13.9. The molecule has 0 aromatic carbocycles. The number of nitrogens with one attached hydrogen (secondary N) is 1. The van der Waals surface area contributed by atoms with E-state index in [1.54, 1.807) is 7.11 Å². The zero-order chi connectivity index (χ0) is 10.6. The van der Waals surface area contributed by atoms with Crippen LogP contribution in [0.3, 0.4) is 0 Å². The van der Waals surface area contributed by atoms with Gasteiger partial charge < -0.3 is 14.8 Å². The van der Waals surface area contributed by atoms with Crippen molar-refractivity contribution in [1.29, 1.82) is 0 Å². The average Bonchev–Trinajstić information content (AvgIpc) is 2.15. The third-order valence-electron chi connectivity index (χ3n) is 1.91. The minimum atomic E-state index is 0.595. The summed E-state index contributed by atoms with van der Waals surface area (Å²) in [6, 6.07) is 0.595. The molecular formula is C11H25NO2. The first-order chi connectivity index (χ1) is 6.77. The molecule has 0 rings (SSSR count). The van der Waals surface area contributed by atoms with Crippen molar-refractivity contribution in [2.75, 3.05) is 33.5 Å². The minimum absolute atomic E-state index is 0.595. The van der Waals surface area contributed by atoms with E-state index < -0.39 is 0 Å². The van der Waals surface area contributed by atoms with E-state index in [9.17, 15) is 0 Å². The van der Waals surface area contributed by atoms with Gasteiger partial charge >= 0.3 is 0 Å². The van der Waals surface area contributed by atoms with Crippen LogP contribution in [0.1, 0.15) is 33.1 Å². The van der Waals surface area contributed by atoms with Gasteiger partial charge in [-0.1, -0.05) is 13.8 Å². The van der Waals surface area contributed by atoms with E-state index in [-0.39, 0.29) is 0 Å². The maximum Gasteiger partial charge on any atom is 0.0487 e. The minimum Gasteiger partial charge on any atom is -0.385 e. The Balaban J connectivity index is 2.85. The lowest BCUT2D eigenvalue weighted by molar-refractivity contribution is 0.100. The van der Waals surface area contributed by atoms with Crippen molar-refractivity contribution in [3.63, 3.8) is 0 Å². The van der Waals surface area contributed by atoms with E-state index in [2.05, 4.69) is 19.2 Å². The van der Waals surface area contributed by atoms with Crippen LogP contribution in [-0.4, -0.2) is 39.5 Å². The van der Waals surface area contributed by atoms with Crippen molar-refractivity contribution < 1.29 is 9.47 Å². The van der Waals surface area contributed by atoms with Crippen molar-refractivity contribution in [3.05, 3.63) is 0 Å². The van der Waals surface area contributed by atoms with E-state index in [1.807, 2.05) is 0 Å². The maximum absolute atomic E-state index is 5.43. The van der Waals surface area contributed by atoms with E-state index in [0.717, 1.165) is 39.2 Å². The molecule has 0 unspecified atom stereocenters. The highest BCUT2D eigenvalue weighted by molar-refractivity contribution is 4.52.